The predicted molar refractivity (Wildman–Crippen MR) is 221 cm³/mol. The van der Waals surface area contributed by atoms with Gasteiger partial charge in [0.05, 0.1) is 0 Å². The van der Waals surface area contributed by atoms with Gasteiger partial charge in [0, 0.05) is 32.7 Å². The highest BCUT2D eigenvalue weighted by atomic mass is 16.3. The molecule has 1 N–H and O–H groups in total. The average molecular weight is 694 g/mol. The van der Waals surface area contributed by atoms with Crippen molar-refractivity contribution >= 4 is 66.3 Å². The van der Waals surface area contributed by atoms with Crippen molar-refractivity contribution in [3.05, 3.63) is 193 Å². The second-order valence-electron chi connectivity index (χ2n) is 13.8. The number of nitrogens with one attached hydrogen (secondary N) is 1. The number of aliphatic imine (C=N–C) groups is 2. The van der Waals surface area contributed by atoms with E-state index in [1.165, 1.54) is 0 Å². The molecule has 0 spiro atoms. The first-order valence-electron chi connectivity index (χ1n) is 18.2. The molecule has 1 atom stereocenters. The standard InChI is InChI=1S/C49H31N3O2/c1-3-13-30(14-4-1)35-19-9-10-20-36(35)38-24-26-43-45(40-27-32-17-7-8-18-33(32)29-44(40)54-43)46(38)49-51-47(31-15-5-2-6-16-31)50-48(52-49)34-23-25-42-39(28-34)37-21-11-12-22-41(37)53-42/h1-29,48H,(H,50,51,52). The Bertz CT molecular complexity index is 3140. The lowest BCUT2D eigenvalue weighted by atomic mass is 9.89. The molecule has 3 heterocycles. The first-order chi connectivity index (χ1) is 26.7. The third-order valence-corrected chi connectivity index (χ3v) is 10.5. The first-order valence-corrected chi connectivity index (χ1v) is 18.2. The predicted octanol–water partition coefficient (Wildman–Crippen LogP) is 12.5. The summed E-state index contributed by atoms with van der Waals surface area (Å²) in [6, 6.07) is 61.0. The van der Waals surface area contributed by atoms with Gasteiger partial charge in [-0.1, -0.05) is 133 Å². The number of nitrogens with zero attached hydrogens (tertiary/aromatic N) is 2. The van der Waals surface area contributed by atoms with Crippen LogP contribution in [0.3, 0.4) is 0 Å². The Hall–Kier alpha value is -7.24. The van der Waals surface area contributed by atoms with Gasteiger partial charge in [0.25, 0.3) is 0 Å². The fourth-order valence-corrected chi connectivity index (χ4v) is 7.99. The lowest BCUT2D eigenvalue weighted by molar-refractivity contribution is 0.663. The third-order valence-electron chi connectivity index (χ3n) is 10.5. The van der Waals surface area contributed by atoms with Gasteiger partial charge in [-0.2, -0.15) is 0 Å². The molecular formula is C49H31N3O2. The number of hydrogen-bond acceptors (Lipinski definition) is 5. The number of rotatable bonds is 5. The van der Waals surface area contributed by atoms with Gasteiger partial charge in [0.15, 0.2) is 5.84 Å². The summed E-state index contributed by atoms with van der Waals surface area (Å²) in [5.74, 6) is 1.38. The number of benzene rings is 8. The van der Waals surface area contributed by atoms with E-state index < -0.39 is 6.17 Å². The van der Waals surface area contributed by atoms with Gasteiger partial charge < -0.3 is 14.2 Å². The Morgan fingerprint density at radius 3 is 1.93 bits per heavy atom. The van der Waals surface area contributed by atoms with Crippen LogP contribution >= 0.6 is 0 Å². The van der Waals surface area contributed by atoms with E-state index in [9.17, 15) is 0 Å². The van der Waals surface area contributed by atoms with Crippen LogP contribution in [0.4, 0.5) is 0 Å². The van der Waals surface area contributed by atoms with Crippen molar-refractivity contribution in [1.82, 2.24) is 5.32 Å². The number of amidine groups is 2. The van der Waals surface area contributed by atoms with Crippen LogP contribution in [-0.4, -0.2) is 11.7 Å². The van der Waals surface area contributed by atoms with E-state index in [2.05, 4.69) is 139 Å². The first kappa shape index (κ1) is 30.4. The number of furan rings is 2. The minimum atomic E-state index is -0.433. The highest BCUT2D eigenvalue weighted by Crippen LogP contribution is 2.42. The summed E-state index contributed by atoms with van der Waals surface area (Å²) in [7, 11) is 0. The minimum Gasteiger partial charge on any atom is -0.456 e. The normalized spacial score (nSPS) is 14.5. The monoisotopic (exact) mass is 693 g/mol. The van der Waals surface area contributed by atoms with Crippen molar-refractivity contribution < 1.29 is 8.83 Å². The van der Waals surface area contributed by atoms with Crippen LogP contribution in [0.15, 0.2) is 195 Å². The molecule has 5 nitrogen and oxygen atoms in total. The zero-order chi connectivity index (χ0) is 35.6. The molecule has 0 saturated carbocycles. The summed E-state index contributed by atoms with van der Waals surface area (Å²) < 4.78 is 12.9. The zero-order valence-electron chi connectivity index (χ0n) is 29.0. The van der Waals surface area contributed by atoms with E-state index in [1.807, 2.05) is 42.5 Å². The van der Waals surface area contributed by atoms with Crippen LogP contribution in [0, 0.1) is 0 Å². The minimum absolute atomic E-state index is 0.433. The van der Waals surface area contributed by atoms with Crippen molar-refractivity contribution in [2.75, 3.05) is 0 Å². The Kier molecular flexibility index (Phi) is 6.85. The quantitative estimate of drug-likeness (QED) is 0.195. The summed E-state index contributed by atoms with van der Waals surface area (Å²) in [5.41, 5.74) is 10.7. The van der Waals surface area contributed by atoms with Gasteiger partial charge in [-0.3, -0.25) is 0 Å². The van der Waals surface area contributed by atoms with Crippen LogP contribution in [0.5, 0.6) is 0 Å². The average Bonchev–Trinajstić information content (AvgIpc) is 3.80. The molecule has 10 aromatic rings. The summed E-state index contributed by atoms with van der Waals surface area (Å²) in [6.07, 6.45) is -0.433. The lowest BCUT2D eigenvalue weighted by Gasteiger charge is -2.26. The fourth-order valence-electron chi connectivity index (χ4n) is 7.99. The number of para-hydroxylation sites is 1. The molecule has 0 radical (unpaired) electrons. The topological polar surface area (TPSA) is 63.0 Å². The second kappa shape index (κ2) is 12.2. The highest BCUT2D eigenvalue weighted by molar-refractivity contribution is 6.26. The molecule has 0 saturated heterocycles. The van der Waals surface area contributed by atoms with E-state index >= 15 is 0 Å². The molecule has 1 unspecified atom stereocenters. The molecule has 254 valence electrons. The van der Waals surface area contributed by atoms with Crippen LogP contribution in [0.2, 0.25) is 0 Å². The Labute approximate surface area is 310 Å². The van der Waals surface area contributed by atoms with Crippen molar-refractivity contribution in [2.45, 2.75) is 6.17 Å². The molecule has 0 bridgehead atoms. The summed E-state index contributed by atoms with van der Waals surface area (Å²) in [4.78, 5) is 10.7. The van der Waals surface area contributed by atoms with Gasteiger partial charge in [-0.05, 0) is 81.1 Å². The maximum absolute atomic E-state index is 6.68. The Balaban J connectivity index is 1.19. The largest absolute Gasteiger partial charge is 0.456 e. The SMILES string of the molecule is c1ccc(C2=NC(c3ccc4oc5ccccc5c4c3)NC(c3c(-c4ccccc4-c4ccccc4)ccc4oc5cc6ccccc6cc5c34)=N2)cc1. The summed E-state index contributed by atoms with van der Waals surface area (Å²) in [6.45, 7) is 0. The molecule has 0 amide bonds. The van der Waals surface area contributed by atoms with Crippen molar-refractivity contribution in [2.24, 2.45) is 9.98 Å². The molecule has 0 aliphatic carbocycles. The summed E-state index contributed by atoms with van der Waals surface area (Å²) in [5, 5.41) is 10.3. The van der Waals surface area contributed by atoms with Crippen LogP contribution in [0.25, 0.3) is 76.9 Å². The van der Waals surface area contributed by atoms with Crippen molar-refractivity contribution in [3.8, 4) is 22.3 Å². The van der Waals surface area contributed by atoms with Crippen molar-refractivity contribution in [1.29, 1.82) is 0 Å². The summed E-state index contributed by atoms with van der Waals surface area (Å²) >= 11 is 0. The van der Waals surface area contributed by atoms with Crippen molar-refractivity contribution in [3.63, 3.8) is 0 Å². The number of hydrogen-bond donors (Lipinski definition) is 1. The van der Waals surface area contributed by atoms with E-state index in [0.29, 0.717) is 5.84 Å². The maximum Gasteiger partial charge on any atom is 0.159 e. The van der Waals surface area contributed by atoms with Crippen LogP contribution in [0.1, 0.15) is 22.9 Å². The molecule has 11 rings (SSSR count). The Morgan fingerprint density at radius 2 is 1.09 bits per heavy atom. The van der Waals surface area contributed by atoms with E-state index in [4.69, 9.17) is 18.8 Å². The molecule has 0 fully saturated rings. The zero-order valence-corrected chi connectivity index (χ0v) is 29.0. The third kappa shape index (κ3) is 4.94. The van der Waals surface area contributed by atoms with Gasteiger partial charge in [0.2, 0.25) is 0 Å². The van der Waals surface area contributed by atoms with Gasteiger partial charge >= 0.3 is 0 Å². The molecule has 54 heavy (non-hydrogen) atoms. The molecular weight excluding hydrogens is 663 g/mol. The molecule has 1 aliphatic heterocycles. The van der Waals surface area contributed by atoms with Gasteiger partial charge in [-0.15, -0.1) is 0 Å². The van der Waals surface area contributed by atoms with E-state index in [1.54, 1.807) is 0 Å². The van der Waals surface area contributed by atoms with Crippen LogP contribution < -0.4 is 5.32 Å². The van der Waals surface area contributed by atoms with Gasteiger partial charge in [0.1, 0.15) is 34.3 Å². The molecule has 8 aromatic carbocycles. The highest BCUT2D eigenvalue weighted by Gasteiger charge is 2.28. The molecule has 2 aromatic heterocycles. The van der Waals surface area contributed by atoms with E-state index in [-0.39, 0.29) is 0 Å². The van der Waals surface area contributed by atoms with E-state index in [0.717, 1.165) is 99.4 Å². The smallest absolute Gasteiger partial charge is 0.159 e. The van der Waals surface area contributed by atoms with Gasteiger partial charge in [-0.25, -0.2) is 9.98 Å². The molecule has 1 aliphatic rings. The van der Waals surface area contributed by atoms with Crippen LogP contribution in [-0.2, 0) is 0 Å². The molecule has 5 heteroatoms. The Morgan fingerprint density at radius 1 is 0.444 bits per heavy atom. The lowest BCUT2D eigenvalue weighted by Crippen LogP contribution is -2.34. The number of fused-ring (bicyclic) bond motifs is 7. The fraction of sp³-hybridized carbons (Fsp3) is 0.0204. The maximum atomic E-state index is 6.68. The second-order valence-corrected chi connectivity index (χ2v) is 13.8.